The molecular formula is C14H17N5O3. The molecule has 0 spiro atoms. The summed E-state index contributed by atoms with van der Waals surface area (Å²) in [5, 5.41) is 0. The number of nitrogen functional groups attached to an aromatic ring is 1. The summed E-state index contributed by atoms with van der Waals surface area (Å²) >= 11 is 0. The number of piperazine rings is 2. The van der Waals surface area contributed by atoms with E-state index in [2.05, 4.69) is 4.98 Å². The predicted octanol–water partition coefficient (Wildman–Crippen LogP) is -1.21. The van der Waals surface area contributed by atoms with Crippen molar-refractivity contribution >= 4 is 23.4 Å². The van der Waals surface area contributed by atoms with Gasteiger partial charge >= 0.3 is 0 Å². The van der Waals surface area contributed by atoms with Crippen molar-refractivity contribution in [1.29, 1.82) is 0 Å². The number of likely N-dealkylation sites (N-methyl/N-ethyl adjacent to an activating group) is 1. The summed E-state index contributed by atoms with van der Waals surface area (Å²) in [5.74, 6) is -0.501. The van der Waals surface area contributed by atoms with Crippen molar-refractivity contribution in [2.24, 2.45) is 0 Å². The smallest absolute Gasteiger partial charge is 0.272 e. The zero-order chi connectivity index (χ0) is 15.9. The van der Waals surface area contributed by atoms with Gasteiger partial charge in [0, 0.05) is 32.0 Å². The molecule has 116 valence electrons. The number of nitrogens with zero attached hydrogens (tertiary/aromatic N) is 4. The number of pyridine rings is 1. The fourth-order valence-electron chi connectivity index (χ4n) is 2.83. The van der Waals surface area contributed by atoms with Crippen LogP contribution >= 0.6 is 0 Å². The average molecular weight is 303 g/mol. The highest BCUT2D eigenvalue weighted by atomic mass is 16.2. The van der Waals surface area contributed by atoms with Crippen LogP contribution in [0.4, 0.5) is 5.69 Å². The molecule has 2 fully saturated rings. The second-order valence-corrected chi connectivity index (χ2v) is 5.52. The second kappa shape index (κ2) is 5.28. The minimum Gasteiger partial charge on any atom is -0.399 e. The molecule has 0 unspecified atom stereocenters. The Morgan fingerprint density at radius 1 is 1.36 bits per heavy atom. The highest BCUT2D eigenvalue weighted by molar-refractivity contribution is 5.97. The van der Waals surface area contributed by atoms with Crippen molar-refractivity contribution in [3.63, 3.8) is 0 Å². The van der Waals surface area contributed by atoms with E-state index < -0.39 is 6.04 Å². The first-order valence-electron chi connectivity index (χ1n) is 7.02. The van der Waals surface area contributed by atoms with Crippen LogP contribution < -0.4 is 5.73 Å². The standard InChI is InChI=1S/C14H17N5O3/c1-17-8-12(20)19-5-4-18(7-11(19)14(17)22)13(21)10-6-9(15)2-3-16-10/h2-3,6,11H,4-5,7-8H2,1H3,(H2,15,16)/t11-/m1/s1. The maximum absolute atomic E-state index is 12.5. The van der Waals surface area contributed by atoms with Gasteiger partial charge in [-0.15, -0.1) is 0 Å². The largest absolute Gasteiger partial charge is 0.399 e. The van der Waals surface area contributed by atoms with E-state index in [1.54, 1.807) is 22.9 Å². The topological polar surface area (TPSA) is 99.8 Å². The highest BCUT2D eigenvalue weighted by Crippen LogP contribution is 2.18. The lowest BCUT2D eigenvalue weighted by atomic mass is 10.1. The summed E-state index contributed by atoms with van der Waals surface area (Å²) in [6.45, 7) is 1.02. The minimum absolute atomic E-state index is 0.0821. The van der Waals surface area contributed by atoms with Gasteiger partial charge in [0.2, 0.25) is 11.8 Å². The summed E-state index contributed by atoms with van der Waals surface area (Å²) < 4.78 is 0. The Hall–Kier alpha value is -2.64. The Balaban J connectivity index is 1.79. The fraction of sp³-hybridized carbons (Fsp3) is 0.429. The minimum atomic E-state index is -0.606. The zero-order valence-electron chi connectivity index (χ0n) is 12.2. The molecule has 1 atom stereocenters. The molecule has 2 N–H and O–H groups in total. The molecule has 8 heteroatoms. The van der Waals surface area contributed by atoms with Crippen LogP contribution in [0.2, 0.25) is 0 Å². The number of carbonyl (C=O) groups excluding carboxylic acids is 3. The lowest BCUT2D eigenvalue weighted by Crippen LogP contribution is -2.66. The van der Waals surface area contributed by atoms with Gasteiger partial charge in [0.05, 0.1) is 13.1 Å². The van der Waals surface area contributed by atoms with E-state index >= 15 is 0 Å². The number of anilines is 1. The number of fused-ring (bicyclic) bond motifs is 1. The molecule has 2 aliphatic rings. The third kappa shape index (κ3) is 2.36. The summed E-state index contributed by atoms with van der Waals surface area (Å²) in [4.78, 5) is 45.2. The average Bonchev–Trinajstić information content (AvgIpc) is 2.51. The first kappa shape index (κ1) is 14.3. The van der Waals surface area contributed by atoms with E-state index in [1.807, 2.05) is 0 Å². The number of carbonyl (C=O) groups is 3. The molecule has 1 aromatic heterocycles. The highest BCUT2D eigenvalue weighted by Gasteiger charge is 2.42. The first-order chi connectivity index (χ1) is 10.5. The summed E-state index contributed by atoms with van der Waals surface area (Å²) in [7, 11) is 1.60. The van der Waals surface area contributed by atoms with Gasteiger partial charge < -0.3 is 20.4 Å². The van der Waals surface area contributed by atoms with Crippen molar-refractivity contribution < 1.29 is 14.4 Å². The van der Waals surface area contributed by atoms with E-state index in [4.69, 9.17) is 5.73 Å². The first-order valence-corrected chi connectivity index (χ1v) is 7.02. The molecule has 2 aliphatic heterocycles. The Labute approximate surface area is 127 Å². The van der Waals surface area contributed by atoms with Gasteiger partial charge in [-0.3, -0.25) is 19.4 Å². The maximum Gasteiger partial charge on any atom is 0.272 e. The molecule has 0 radical (unpaired) electrons. The van der Waals surface area contributed by atoms with Gasteiger partial charge in [-0.05, 0) is 12.1 Å². The molecule has 3 amide bonds. The van der Waals surface area contributed by atoms with Crippen LogP contribution in [0, 0.1) is 0 Å². The molecule has 3 heterocycles. The third-order valence-corrected chi connectivity index (χ3v) is 4.02. The molecule has 0 aromatic carbocycles. The second-order valence-electron chi connectivity index (χ2n) is 5.52. The van der Waals surface area contributed by atoms with Gasteiger partial charge in [-0.1, -0.05) is 0 Å². The molecule has 22 heavy (non-hydrogen) atoms. The van der Waals surface area contributed by atoms with Gasteiger partial charge in [0.15, 0.2) is 0 Å². The summed E-state index contributed by atoms with van der Waals surface area (Å²) in [6.07, 6.45) is 1.47. The molecule has 3 rings (SSSR count). The molecular weight excluding hydrogens is 286 g/mol. The van der Waals surface area contributed by atoms with Gasteiger partial charge in [0.25, 0.3) is 5.91 Å². The lowest BCUT2D eigenvalue weighted by molar-refractivity contribution is -0.157. The van der Waals surface area contributed by atoms with Crippen LogP contribution in [0.15, 0.2) is 18.3 Å². The normalized spacial score (nSPS) is 21.9. The lowest BCUT2D eigenvalue weighted by Gasteiger charge is -2.45. The van der Waals surface area contributed by atoms with Crippen LogP contribution in [-0.2, 0) is 9.59 Å². The van der Waals surface area contributed by atoms with E-state index in [9.17, 15) is 14.4 Å². The Morgan fingerprint density at radius 3 is 2.86 bits per heavy atom. The Bertz CT molecular complexity index is 647. The number of hydrogen-bond acceptors (Lipinski definition) is 5. The monoisotopic (exact) mass is 303 g/mol. The quantitative estimate of drug-likeness (QED) is 0.701. The number of hydrogen-bond donors (Lipinski definition) is 1. The van der Waals surface area contributed by atoms with Gasteiger partial charge in [-0.2, -0.15) is 0 Å². The number of aromatic nitrogens is 1. The van der Waals surface area contributed by atoms with Crippen molar-refractivity contribution in [3.8, 4) is 0 Å². The zero-order valence-corrected chi connectivity index (χ0v) is 12.2. The van der Waals surface area contributed by atoms with E-state index in [0.29, 0.717) is 18.8 Å². The van der Waals surface area contributed by atoms with Crippen molar-refractivity contribution in [3.05, 3.63) is 24.0 Å². The van der Waals surface area contributed by atoms with Crippen LogP contribution in [0.25, 0.3) is 0 Å². The van der Waals surface area contributed by atoms with E-state index in [0.717, 1.165) is 0 Å². The molecule has 0 bridgehead atoms. The van der Waals surface area contributed by atoms with Crippen molar-refractivity contribution in [2.45, 2.75) is 6.04 Å². The molecule has 0 saturated carbocycles. The van der Waals surface area contributed by atoms with Gasteiger partial charge in [-0.25, -0.2) is 0 Å². The summed E-state index contributed by atoms with van der Waals surface area (Å²) in [5.41, 5.74) is 6.37. The van der Waals surface area contributed by atoms with Crippen molar-refractivity contribution in [1.82, 2.24) is 19.7 Å². The predicted molar refractivity (Wildman–Crippen MR) is 77.7 cm³/mol. The Kier molecular flexibility index (Phi) is 3.44. The summed E-state index contributed by atoms with van der Waals surface area (Å²) in [6, 6.07) is 2.51. The van der Waals surface area contributed by atoms with Gasteiger partial charge in [0.1, 0.15) is 11.7 Å². The molecule has 2 saturated heterocycles. The SMILES string of the molecule is CN1CC(=O)N2CCN(C(=O)c3cc(N)ccn3)C[C@@H]2C1=O. The fourth-order valence-corrected chi connectivity index (χ4v) is 2.83. The molecule has 0 aliphatic carbocycles. The molecule has 1 aromatic rings. The van der Waals surface area contributed by atoms with Crippen molar-refractivity contribution in [2.75, 3.05) is 39.0 Å². The van der Waals surface area contributed by atoms with Crippen LogP contribution in [0.5, 0.6) is 0 Å². The number of nitrogens with two attached hydrogens (primary N) is 1. The number of amides is 3. The molecule has 8 nitrogen and oxygen atoms in total. The van der Waals surface area contributed by atoms with E-state index in [1.165, 1.54) is 17.2 Å². The van der Waals surface area contributed by atoms with Crippen LogP contribution in [0.1, 0.15) is 10.5 Å². The third-order valence-electron chi connectivity index (χ3n) is 4.02. The van der Waals surface area contributed by atoms with E-state index in [-0.39, 0.29) is 36.5 Å². The number of rotatable bonds is 1. The Morgan fingerprint density at radius 2 is 2.14 bits per heavy atom. The van der Waals surface area contributed by atoms with Crippen LogP contribution in [-0.4, -0.2) is 76.7 Å². The van der Waals surface area contributed by atoms with Crippen LogP contribution in [0.3, 0.4) is 0 Å². The maximum atomic E-state index is 12.5.